The Balaban J connectivity index is 1.48. The van der Waals surface area contributed by atoms with Gasteiger partial charge in [-0.15, -0.1) is 0 Å². The molecule has 0 aliphatic carbocycles. The van der Waals surface area contributed by atoms with E-state index in [1.54, 1.807) is 0 Å². The van der Waals surface area contributed by atoms with Crippen LogP contribution in [0.3, 0.4) is 0 Å². The Kier molecular flexibility index (Phi) is 5.39. The molecule has 1 fully saturated rings. The molecule has 0 N–H and O–H groups in total. The van der Waals surface area contributed by atoms with Gasteiger partial charge in [0.05, 0.1) is 29.2 Å². The van der Waals surface area contributed by atoms with Gasteiger partial charge in [0.15, 0.2) is 0 Å². The fourth-order valence-electron chi connectivity index (χ4n) is 4.41. The number of hydrogen-bond acceptors (Lipinski definition) is 4. The van der Waals surface area contributed by atoms with Crippen molar-refractivity contribution in [3.63, 3.8) is 0 Å². The van der Waals surface area contributed by atoms with Gasteiger partial charge in [-0.2, -0.15) is 10.4 Å². The summed E-state index contributed by atoms with van der Waals surface area (Å²) >= 11 is 0. The third kappa shape index (κ3) is 3.90. The Hall–Kier alpha value is -3.62. The highest BCUT2D eigenvalue weighted by Crippen LogP contribution is 2.32. The van der Waals surface area contributed by atoms with E-state index in [1.807, 2.05) is 47.3 Å². The van der Waals surface area contributed by atoms with Gasteiger partial charge in [0.1, 0.15) is 0 Å². The first-order valence-electron chi connectivity index (χ1n) is 10.9. The molecule has 0 amide bonds. The molecule has 0 saturated carbocycles. The highest BCUT2D eigenvalue weighted by atomic mass is 15.6. The molecule has 1 aliphatic rings. The predicted molar refractivity (Wildman–Crippen MR) is 124 cm³/mol. The normalized spacial score (nSPS) is 15.0. The molecule has 3 aromatic carbocycles. The van der Waals surface area contributed by atoms with Crippen molar-refractivity contribution in [3.05, 3.63) is 90.3 Å². The summed E-state index contributed by atoms with van der Waals surface area (Å²) in [6.45, 7) is 2.79. The van der Waals surface area contributed by atoms with Gasteiger partial charge in [-0.05, 0) is 37.1 Å². The van der Waals surface area contributed by atoms with E-state index in [1.165, 1.54) is 24.1 Å². The summed E-state index contributed by atoms with van der Waals surface area (Å²) in [6, 6.07) is 24.8. The highest BCUT2D eigenvalue weighted by molar-refractivity contribution is 5.97. The molecular weight excluding hydrogens is 382 g/mol. The molecule has 5 nitrogen and oxygen atoms in total. The van der Waals surface area contributed by atoms with E-state index < -0.39 is 0 Å². The number of aromatic nitrogens is 2. The minimum Gasteiger partial charge on any atom is -0.305 e. The first kappa shape index (κ1) is 19.3. The maximum absolute atomic E-state index is 9.54. The monoisotopic (exact) mass is 407 g/mol. The molecule has 5 rings (SSSR count). The lowest BCUT2D eigenvalue weighted by Gasteiger charge is -2.36. The lowest BCUT2D eigenvalue weighted by molar-refractivity contribution is 0.253. The van der Waals surface area contributed by atoms with Gasteiger partial charge < -0.3 is 5.01 Å². The van der Waals surface area contributed by atoms with E-state index in [2.05, 4.69) is 57.7 Å². The number of fused-ring (bicyclic) bond motifs is 1. The molecule has 1 saturated heterocycles. The quantitative estimate of drug-likeness (QED) is 0.460. The van der Waals surface area contributed by atoms with Crippen molar-refractivity contribution in [2.75, 3.05) is 18.1 Å². The fourth-order valence-corrected chi connectivity index (χ4v) is 4.41. The Labute approximate surface area is 182 Å². The summed E-state index contributed by atoms with van der Waals surface area (Å²) < 4.78 is 1.94. The van der Waals surface area contributed by atoms with Crippen LogP contribution in [-0.2, 0) is 6.54 Å². The molecular formula is C26H25N5. The SMILES string of the molecule is N#Cc1ccc(N2CCCCCN2Cc2cnn(-c3ccccc3)c2)c2ccccc12. The van der Waals surface area contributed by atoms with Crippen molar-refractivity contribution in [3.8, 4) is 11.8 Å². The summed E-state index contributed by atoms with van der Waals surface area (Å²) in [5.41, 5.74) is 4.16. The van der Waals surface area contributed by atoms with E-state index in [0.29, 0.717) is 0 Å². The molecule has 4 aromatic rings. The summed E-state index contributed by atoms with van der Waals surface area (Å²) in [6.07, 6.45) is 7.65. The minimum atomic E-state index is 0.727. The standard InChI is InChI=1S/C26H25N5/c27-17-22-13-14-26(25-12-6-5-11-24(22)25)31-16-8-2-7-15-29(31)19-21-18-28-30(20-21)23-9-3-1-4-10-23/h1,3-6,9-14,18,20H,2,7-8,15-16,19H2. The van der Waals surface area contributed by atoms with Crippen molar-refractivity contribution >= 4 is 16.5 Å². The molecule has 0 atom stereocenters. The number of hydrazine groups is 1. The lowest BCUT2D eigenvalue weighted by atomic mass is 10.0. The molecule has 154 valence electrons. The number of rotatable bonds is 4. The average Bonchev–Trinajstić information content (AvgIpc) is 3.17. The van der Waals surface area contributed by atoms with Crippen LogP contribution in [-0.4, -0.2) is 27.9 Å². The summed E-state index contributed by atoms with van der Waals surface area (Å²) in [5.74, 6) is 0. The number of nitriles is 1. The van der Waals surface area contributed by atoms with Crippen LogP contribution in [0.25, 0.3) is 16.5 Å². The van der Waals surface area contributed by atoms with Crippen molar-refractivity contribution in [2.24, 2.45) is 0 Å². The van der Waals surface area contributed by atoms with Crippen molar-refractivity contribution < 1.29 is 0 Å². The van der Waals surface area contributed by atoms with Gasteiger partial charge in [-0.3, -0.25) is 0 Å². The topological polar surface area (TPSA) is 48.1 Å². The molecule has 1 aromatic heterocycles. The van der Waals surface area contributed by atoms with Gasteiger partial charge in [0, 0.05) is 42.2 Å². The van der Waals surface area contributed by atoms with E-state index in [4.69, 9.17) is 0 Å². The van der Waals surface area contributed by atoms with E-state index in [-0.39, 0.29) is 0 Å². The van der Waals surface area contributed by atoms with E-state index in [9.17, 15) is 5.26 Å². The summed E-state index contributed by atoms with van der Waals surface area (Å²) in [7, 11) is 0. The van der Waals surface area contributed by atoms with Crippen molar-refractivity contribution in [1.82, 2.24) is 14.8 Å². The van der Waals surface area contributed by atoms with Crippen LogP contribution in [0.5, 0.6) is 0 Å². The Bertz CT molecular complexity index is 1220. The third-order valence-corrected chi connectivity index (χ3v) is 5.95. The first-order valence-corrected chi connectivity index (χ1v) is 10.9. The van der Waals surface area contributed by atoms with Crippen LogP contribution in [0.15, 0.2) is 79.1 Å². The molecule has 0 spiro atoms. The van der Waals surface area contributed by atoms with E-state index >= 15 is 0 Å². The maximum atomic E-state index is 9.54. The Morgan fingerprint density at radius 3 is 2.45 bits per heavy atom. The van der Waals surface area contributed by atoms with Crippen LogP contribution < -0.4 is 5.01 Å². The van der Waals surface area contributed by atoms with Gasteiger partial charge >= 0.3 is 0 Å². The fraction of sp³-hybridized carbons (Fsp3) is 0.231. The first-order chi connectivity index (χ1) is 15.3. The molecule has 1 aliphatic heterocycles. The van der Waals surface area contributed by atoms with Crippen LogP contribution in [0, 0.1) is 11.3 Å². The van der Waals surface area contributed by atoms with Gasteiger partial charge in [0.2, 0.25) is 0 Å². The molecule has 0 radical (unpaired) electrons. The molecule has 0 unspecified atom stereocenters. The summed E-state index contributed by atoms with van der Waals surface area (Å²) in [4.78, 5) is 0. The van der Waals surface area contributed by atoms with Crippen molar-refractivity contribution in [1.29, 1.82) is 5.26 Å². The third-order valence-electron chi connectivity index (χ3n) is 5.95. The van der Waals surface area contributed by atoms with Gasteiger partial charge in [-0.25, -0.2) is 9.69 Å². The number of hydrogen-bond donors (Lipinski definition) is 0. The second-order valence-corrected chi connectivity index (χ2v) is 7.99. The zero-order valence-electron chi connectivity index (χ0n) is 17.5. The van der Waals surface area contributed by atoms with Crippen molar-refractivity contribution in [2.45, 2.75) is 25.8 Å². The zero-order chi connectivity index (χ0) is 21.0. The van der Waals surface area contributed by atoms with Crippen LogP contribution >= 0.6 is 0 Å². The largest absolute Gasteiger partial charge is 0.305 e. The number of para-hydroxylation sites is 1. The van der Waals surface area contributed by atoms with Crippen LogP contribution in [0.1, 0.15) is 30.4 Å². The predicted octanol–water partition coefficient (Wildman–Crippen LogP) is 5.30. The Morgan fingerprint density at radius 2 is 1.61 bits per heavy atom. The molecule has 2 heterocycles. The number of benzene rings is 3. The second kappa shape index (κ2) is 8.63. The van der Waals surface area contributed by atoms with Gasteiger partial charge in [-0.1, -0.05) is 48.9 Å². The Morgan fingerprint density at radius 1 is 0.839 bits per heavy atom. The van der Waals surface area contributed by atoms with Crippen LogP contribution in [0.2, 0.25) is 0 Å². The van der Waals surface area contributed by atoms with E-state index in [0.717, 1.165) is 48.1 Å². The zero-order valence-corrected chi connectivity index (χ0v) is 17.5. The minimum absolute atomic E-state index is 0.727. The molecule has 0 bridgehead atoms. The average molecular weight is 408 g/mol. The number of anilines is 1. The number of nitrogens with zero attached hydrogens (tertiary/aromatic N) is 5. The maximum Gasteiger partial charge on any atom is 0.0998 e. The second-order valence-electron chi connectivity index (χ2n) is 7.99. The molecule has 31 heavy (non-hydrogen) atoms. The highest BCUT2D eigenvalue weighted by Gasteiger charge is 2.22. The molecule has 5 heteroatoms. The van der Waals surface area contributed by atoms with Crippen LogP contribution in [0.4, 0.5) is 5.69 Å². The lowest BCUT2D eigenvalue weighted by Crippen LogP contribution is -2.42. The summed E-state index contributed by atoms with van der Waals surface area (Å²) in [5, 5.41) is 21.1. The smallest absolute Gasteiger partial charge is 0.0998 e. The van der Waals surface area contributed by atoms with Gasteiger partial charge in [0.25, 0.3) is 0 Å².